The van der Waals surface area contributed by atoms with Crippen molar-refractivity contribution in [3.05, 3.63) is 12.2 Å². The van der Waals surface area contributed by atoms with Gasteiger partial charge >= 0.3 is 18.0 Å². The van der Waals surface area contributed by atoms with Gasteiger partial charge in [0.15, 0.2) is 0 Å². The van der Waals surface area contributed by atoms with E-state index in [4.69, 9.17) is 9.47 Å². The SMILES string of the molecule is C=C(C)C1CC[C@]2(CC(=O)NCCNC(=O)OC(C)(C)C)CC[C@]3(C)[C@H](CCC4[C@@]5(C)CCC(OC(=O)CC(C)(C)CC(=O)O)C(C)(C)C5CC[C@]43C)C12. The number of carboxylic acid groups (broad SMARTS) is 1. The Morgan fingerprint density at radius 1 is 0.778 bits per heavy atom. The number of aliphatic carboxylic acids is 1. The Hall–Kier alpha value is -2.58. The Kier molecular flexibility index (Phi) is 11.6. The summed E-state index contributed by atoms with van der Waals surface area (Å²) in [7, 11) is 0. The van der Waals surface area contributed by atoms with Gasteiger partial charge in [0.25, 0.3) is 0 Å². The van der Waals surface area contributed by atoms with E-state index >= 15 is 0 Å². The molecule has 5 aliphatic rings. The van der Waals surface area contributed by atoms with Crippen molar-refractivity contribution in [3.8, 4) is 0 Å². The van der Waals surface area contributed by atoms with E-state index in [-0.39, 0.29) is 57.9 Å². The molecule has 0 radical (unpaired) electrons. The maximum Gasteiger partial charge on any atom is 0.407 e. The van der Waals surface area contributed by atoms with Crippen LogP contribution in [0.1, 0.15) is 160 Å². The lowest BCUT2D eigenvalue weighted by molar-refractivity contribution is -0.250. The first-order valence-corrected chi connectivity index (χ1v) is 21.1. The van der Waals surface area contributed by atoms with Gasteiger partial charge in [0.05, 0.1) is 12.8 Å². The molecule has 0 heterocycles. The van der Waals surface area contributed by atoms with Crippen molar-refractivity contribution in [2.45, 2.75) is 171 Å². The van der Waals surface area contributed by atoms with Crippen LogP contribution in [0.15, 0.2) is 12.2 Å². The van der Waals surface area contributed by atoms with Crippen molar-refractivity contribution in [3.63, 3.8) is 0 Å². The van der Waals surface area contributed by atoms with Crippen LogP contribution in [0, 0.1) is 62.1 Å². The second kappa shape index (κ2) is 14.7. The number of carbonyl (C=O) groups is 4. The summed E-state index contributed by atoms with van der Waals surface area (Å²) in [5, 5.41) is 15.2. The van der Waals surface area contributed by atoms with Gasteiger partial charge in [-0.05, 0) is 149 Å². The van der Waals surface area contributed by atoms with Crippen LogP contribution in [0.3, 0.4) is 0 Å². The van der Waals surface area contributed by atoms with Crippen LogP contribution in [0.25, 0.3) is 0 Å². The van der Waals surface area contributed by atoms with Gasteiger partial charge in [-0.2, -0.15) is 0 Å². The first-order valence-electron chi connectivity index (χ1n) is 21.1. The number of carboxylic acids is 1. The molecule has 5 fully saturated rings. The molecule has 54 heavy (non-hydrogen) atoms. The minimum absolute atomic E-state index is 0.0380. The molecule has 0 saturated heterocycles. The Balaban J connectivity index is 1.31. The second-order valence-electron chi connectivity index (χ2n) is 21.8. The molecule has 2 amide bonds. The summed E-state index contributed by atoms with van der Waals surface area (Å²) in [6, 6.07) is 0. The van der Waals surface area contributed by atoms with Gasteiger partial charge in [-0.15, -0.1) is 0 Å². The average molecular weight is 755 g/mol. The predicted octanol–water partition coefficient (Wildman–Crippen LogP) is 9.48. The van der Waals surface area contributed by atoms with Crippen LogP contribution in [0.4, 0.5) is 4.79 Å². The van der Waals surface area contributed by atoms with E-state index in [1.165, 1.54) is 18.4 Å². The van der Waals surface area contributed by atoms with Gasteiger partial charge in [-0.3, -0.25) is 14.4 Å². The topological polar surface area (TPSA) is 131 Å². The maximum atomic E-state index is 13.7. The number of hydrogen-bond acceptors (Lipinski definition) is 6. The third kappa shape index (κ3) is 7.86. The summed E-state index contributed by atoms with van der Waals surface area (Å²) in [6.45, 7) is 29.0. The third-order valence-corrected chi connectivity index (χ3v) is 16.3. The highest BCUT2D eigenvalue weighted by Gasteiger charge is 2.71. The summed E-state index contributed by atoms with van der Waals surface area (Å²) in [4.78, 5) is 50.4. The zero-order valence-corrected chi connectivity index (χ0v) is 35.7. The van der Waals surface area contributed by atoms with Crippen molar-refractivity contribution in [1.82, 2.24) is 10.6 Å². The molecule has 9 nitrogen and oxygen atoms in total. The van der Waals surface area contributed by atoms with Crippen LogP contribution >= 0.6 is 0 Å². The molecule has 9 heteroatoms. The van der Waals surface area contributed by atoms with Crippen molar-refractivity contribution >= 4 is 23.9 Å². The summed E-state index contributed by atoms with van der Waals surface area (Å²) in [5.41, 5.74) is 0.248. The van der Waals surface area contributed by atoms with E-state index in [1.807, 2.05) is 34.6 Å². The summed E-state index contributed by atoms with van der Waals surface area (Å²) in [5.74, 6) is 1.27. The van der Waals surface area contributed by atoms with Crippen LogP contribution in [-0.4, -0.2) is 53.8 Å². The standard InChI is InChI=1S/C45H74N2O7/c1-28(2)29-15-20-45(25-34(48)46-23-24-47-38(52)54-39(3,4)5)22-21-43(11)30(37(29)45)13-14-32-42(10)18-17-33(41(8,9)31(42)16-19-44(32,43)12)53-36(51)27-40(6,7)26-35(49)50/h29-33,37H,1,13-27H2,2-12H3,(H,46,48)(H,47,52)(H,49,50)/t29?,30-,31?,32?,33?,37?,42+,43-,44-,45-/m1/s1. The summed E-state index contributed by atoms with van der Waals surface area (Å²) >= 11 is 0. The van der Waals surface area contributed by atoms with Crippen molar-refractivity contribution in [2.24, 2.45) is 62.1 Å². The zero-order valence-electron chi connectivity index (χ0n) is 35.7. The third-order valence-electron chi connectivity index (χ3n) is 16.3. The van der Waals surface area contributed by atoms with Gasteiger partial charge in [-0.1, -0.05) is 60.6 Å². The summed E-state index contributed by atoms with van der Waals surface area (Å²) in [6.07, 6.45) is 10.8. The largest absolute Gasteiger partial charge is 0.481 e. The molecule has 0 aromatic rings. The smallest absolute Gasteiger partial charge is 0.407 e. The molecule has 3 N–H and O–H groups in total. The quantitative estimate of drug-likeness (QED) is 0.109. The molecule has 5 aliphatic carbocycles. The fraction of sp³-hybridized carbons (Fsp3) is 0.867. The van der Waals surface area contributed by atoms with E-state index < -0.39 is 23.1 Å². The van der Waals surface area contributed by atoms with E-state index in [2.05, 4.69) is 58.8 Å². The average Bonchev–Trinajstić information content (AvgIpc) is 3.39. The van der Waals surface area contributed by atoms with Gasteiger partial charge in [0.1, 0.15) is 11.7 Å². The van der Waals surface area contributed by atoms with E-state index in [0.717, 1.165) is 51.4 Å². The number of ether oxygens (including phenoxy) is 2. The molecular formula is C45H74N2O7. The van der Waals surface area contributed by atoms with Gasteiger partial charge < -0.3 is 25.2 Å². The number of fused-ring (bicyclic) bond motifs is 7. The number of nitrogens with one attached hydrogen (secondary N) is 2. The molecule has 0 bridgehead atoms. The number of alkyl carbamates (subject to hydrolysis) is 1. The minimum Gasteiger partial charge on any atom is -0.481 e. The lowest BCUT2D eigenvalue weighted by atomic mass is 9.32. The molecular weight excluding hydrogens is 681 g/mol. The molecule has 5 unspecified atom stereocenters. The van der Waals surface area contributed by atoms with E-state index in [0.29, 0.717) is 49.1 Å². The van der Waals surface area contributed by atoms with Gasteiger partial charge in [0, 0.05) is 24.9 Å². The van der Waals surface area contributed by atoms with Crippen molar-refractivity contribution < 1.29 is 33.8 Å². The first-order chi connectivity index (χ1) is 24.8. The zero-order chi connectivity index (χ0) is 40.3. The van der Waals surface area contributed by atoms with E-state index in [9.17, 15) is 24.3 Å². The molecule has 5 saturated carbocycles. The molecule has 5 rings (SSSR count). The highest BCUT2D eigenvalue weighted by atomic mass is 16.6. The molecule has 0 aromatic carbocycles. The Morgan fingerprint density at radius 2 is 1.44 bits per heavy atom. The number of rotatable bonds is 11. The van der Waals surface area contributed by atoms with Gasteiger partial charge in [-0.25, -0.2) is 4.79 Å². The number of amides is 2. The molecule has 0 aromatic heterocycles. The number of hydrogen-bond donors (Lipinski definition) is 3. The minimum atomic E-state index is -0.894. The normalized spacial score (nSPS) is 38.4. The monoisotopic (exact) mass is 755 g/mol. The van der Waals surface area contributed by atoms with Crippen LogP contribution in [-0.2, 0) is 23.9 Å². The number of esters is 1. The maximum absolute atomic E-state index is 13.7. The fourth-order valence-corrected chi connectivity index (χ4v) is 13.9. The van der Waals surface area contributed by atoms with Crippen molar-refractivity contribution in [1.29, 1.82) is 0 Å². The number of allylic oxidation sites excluding steroid dienone is 1. The Bertz CT molecular complexity index is 1480. The van der Waals surface area contributed by atoms with Crippen molar-refractivity contribution in [2.75, 3.05) is 13.1 Å². The predicted molar refractivity (Wildman–Crippen MR) is 211 cm³/mol. The molecule has 306 valence electrons. The fourth-order valence-electron chi connectivity index (χ4n) is 13.9. The number of carbonyl (C=O) groups excluding carboxylic acids is 3. The highest BCUT2D eigenvalue weighted by molar-refractivity contribution is 5.77. The highest BCUT2D eigenvalue weighted by Crippen LogP contribution is 2.78. The van der Waals surface area contributed by atoms with Crippen LogP contribution in [0.5, 0.6) is 0 Å². The molecule has 10 atom stereocenters. The molecule has 0 aliphatic heterocycles. The van der Waals surface area contributed by atoms with Crippen LogP contribution in [0.2, 0.25) is 0 Å². The second-order valence-corrected chi connectivity index (χ2v) is 21.8. The Morgan fingerprint density at radius 3 is 2.07 bits per heavy atom. The lowest BCUT2D eigenvalue weighted by Gasteiger charge is -2.73. The first kappa shape index (κ1) is 42.6. The van der Waals surface area contributed by atoms with Gasteiger partial charge in [0.2, 0.25) is 5.91 Å². The lowest BCUT2D eigenvalue weighted by Crippen LogP contribution is -2.67. The van der Waals surface area contributed by atoms with Crippen LogP contribution < -0.4 is 10.6 Å². The molecule has 0 spiro atoms. The van der Waals surface area contributed by atoms with E-state index in [1.54, 1.807) is 0 Å². The summed E-state index contributed by atoms with van der Waals surface area (Å²) < 4.78 is 11.6. The Labute approximate surface area is 326 Å².